The van der Waals surface area contributed by atoms with Gasteiger partial charge in [0.1, 0.15) is 18.0 Å². The molecule has 0 fully saturated rings. The molecule has 0 radical (unpaired) electrons. The summed E-state index contributed by atoms with van der Waals surface area (Å²) in [6.07, 6.45) is 4.34. The van der Waals surface area contributed by atoms with E-state index in [2.05, 4.69) is 4.98 Å². The van der Waals surface area contributed by atoms with Gasteiger partial charge >= 0.3 is 6.03 Å². The van der Waals surface area contributed by atoms with Gasteiger partial charge in [0.25, 0.3) is 0 Å². The lowest BCUT2D eigenvalue weighted by Gasteiger charge is -2.17. The molecule has 2 aromatic rings. The maximum Gasteiger partial charge on any atom is 0.329 e. The molecule has 1 aromatic carbocycles. The highest BCUT2D eigenvalue weighted by Crippen LogP contribution is 2.12. The predicted octanol–water partition coefficient (Wildman–Crippen LogP) is 2.26. The van der Waals surface area contributed by atoms with Gasteiger partial charge in [-0.15, -0.1) is 0 Å². The first-order valence-corrected chi connectivity index (χ1v) is 5.25. The van der Waals surface area contributed by atoms with Gasteiger partial charge in [0, 0.05) is 37.6 Å². The highest BCUT2D eigenvalue weighted by Gasteiger charge is 2.13. The topological polar surface area (TPSA) is 38.1 Å². The van der Waals surface area contributed by atoms with Crippen LogP contribution in [0, 0.1) is 11.6 Å². The third-order valence-electron chi connectivity index (χ3n) is 2.47. The van der Waals surface area contributed by atoms with Crippen LogP contribution in [0.5, 0.6) is 0 Å². The molecule has 0 N–H and O–H groups in total. The molecule has 1 heterocycles. The summed E-state index contributed by atoms with van der Waals surface area (Å²) in [6.45, 7) is 0.0587. The van der Waals surface area contributed by atoms with E-state index in [0.717, 1.165) is 12.1 Å². The van der Waals surface area contributed by atoms with Crippen molar-refractivity contribution in [3.8, 4) is 0 Å². The lowest BCUT2D eigenvalue weighted by Crippen LogP contribution is -2.30. The van der Waals surface area contributed by atoms with E-state index in [9.17, 15) is 13.6 Å². The number of benzene rings is 1. The largest absolute Gasteiger partial charge is 0.329 e. The van der Waals surface area contributed by atoms with Gasteiger partial charge in [-0.2, -0.15) is 0 Å². The van der Waals surface area contributed by atoms with Gasteiger partial charge in [0.2, 0.25) is 0 Å². The second kappa shape index (κ2) is 4.95. The Balaban J connectivity index is 2.11. The minimum Gasteiger partial charge on any atom is -0.323 e. The summed E-state index contributed by atoms with van der Waals surface area (Å²) in [5.41, 5.74) is 0.257. The Labute approximate surface area is 102 Å². The predicted molar refractivity (Wildman–Crippen MR) is 60.8 cm³/mol. The van der Waals surface area contributed by atoms with Crippen LogP contribution >= 0.6 is 0 Å². The van der Waals surface area contributed by atoms with Gasteiger partial charge < -0.3 is 4.90 Å². The van der Waals surface area contributed by atoms with Crippen molar-refractivity contribution < 1.29 is 13.6 Å². The van der Waals surface area contributed by atoms with E-state index in [1.807, 2.05) is 0 Å². The molecule has 0 aliphatic carbocycles. The highest BCUT2D eigenvalue weighted by atomic mass is 19.1. The van der Waals surface area contributed by atoms with Crippen LogP contribution in [0.4, 0.5) is 13.6 Å². The molecule has 4 nitrogen and oxygen atoms in total. The second-order valence-corrected chi connectivity index (χ2v) is 3.84. The van der Waals surface area contributed by atoms with Crippen molar-refractivity contribution in [3.63, 3.8) is 0 Å². The quantitative estimate of drug-likeness (QED) is 0.821. The number of halogens is 2. The molecule has 0 spiro atoms. The Bertz CT molecular complexity index is 554. The third kappa shape index (κ3) is 2.53. The molecule has 0 saturated carbocycles. The van der Waals surface area contributed by atoms with Crippen LogP contribution in [0.15, 0.2) is 36.9 Å². The van der Waals surface area contributed by atoms with Gasteiger partial charge in [0.05, 0.1) is 0 Å². The van der Waals surface area contributed by atoms with Crippen molar-refractivity contribution in [3.05, 3.63) is 54.1 Å². The Hall–Kier alpha value is -2.24. The van der Waals surface area contributed by atoms with E-state index in [1.165, 1.54) is 41.3 Å². The fourth-order valence-corrected chi connectivity index (χ4v) is 1.54. The van der Waals surface area contributed by atoms with Crippen molar-refractivity contribution in [2.75, 3.05) is 7.05 Å². The molecular formula is C12H11F2N3O. The number of rotatable bonds is 2. The van der Waals surface area contributed by atoms with Gasteiger partial charge in [0.15, 0.2) is 0 Å². The monoisotopic (exact) mass is 251 g/mol. The normalized spacial score (nSPS) is 10.4. The molecule has 2 rings (SSSR count). The number of imidazole rings is 1. The summed E-state index contributed by atoms with van der Waals surface area (Å²) in [5.74, 6) is -1.31. The van der Waals surface area contributed by atoms with Crippen LogP contribution < -0.4 is 0 Å². The van der Waals surface area contributed by atoms with Crippen LogP contribution in [0.25, 0.3) is 0 Å². The number of hydrogen-bond donors (Lipinski definition) is 0. The smallest absolute Gasteiger partial charge is 0.323 e. The summed E-state index contributed by atoms with van der Waals surface area (Å²) in [6, 6.07) is 2.94. The number of hydrogen-bond acceptors (Lipinski definition) is 2. The fourth-order valence-electron chi connectivity index (χ4n) is 1.54. The lowest BCUT2D eigenvalue weighted by atomic mass is 10.2. The van der Waals surface area contributed by atoms with Gasteiger partial charge in [-0.1, -0.05) is 6.07 Å². The molecule has 6 heteroatoms. The van der Waals surface area contributed by atoms with Gasteiger partial charge in [-0.25, -0.2) is 18.6 Å². The zero-order valence-electron chi connectivity index (χ0n) is 9.68. The van der Waals surface area contributed by atoms with Crippen LogP contribution in [-0.4, -0.2) is 27.5 Å². The number of amides is 1. The average molecular weight is 251 g/mol. The van der Waals surface area contributed by atoms with Crippen molar-refractivity contribution >= 4 is 6.03 Å². The van der Waals surface area contributed by atoms with E-state index in [0.29, 0.717) is 0 Å². The van der Waals surface area contributed by atoms with Crippen molar-refractivity contribution in [1.29, 1.82) is 0 Å². The molecule has 0 saturated heterocycles. The molecule has 1 amide bonds. The van der Waals surface area contributed by atoms with Crippen molar-refractivity contribution in [2.45, 2.75) is 6.54 Å². The molecule has 0 unspecified atom stereocenters. The third-order valence-corrected chi connectivity index (χ3v) is 2.47. The number of aromatic nitrogens is 2. The van der Waals surface area contributed by atoms with Gasteiger partial charge in [-0.05, 0) is 6.07 Å². The second-order valence-electron chi connectivity index (χ2n) is 3.84. The number of carbonyl (C=O) groups excluding carboxylic acids is 1. The first kappa shape index (κ1) is 12.2. The average Bonchev–Trinajstić information content (AvgIpc) is 2.85. The summed E-state index contributed by atoms with van der Waals surface area (Å²) in [7, 11) is 1.53. The fraction of sp³-hybridized carbons (Fsp3) is 0.167. The Morgan fingerprint density at radius 3 is 2.83 bits per heavy atom. The summed E-state index contributed by atoms with van der Waals surface area (Å²) < 4.78 is 27.4. The molecule has 0 aliphatic rings. The molecule has 1 aromatic heterocycles. The van der Waals surface area contributed by atoms with Crippen molar-refractivity contribution in [1.82, 2.24) is 14.5 Å². The first-order chi connectivity index (χ1) is 8.58. The highest BCUT2D eigenvalue weighted by molar-refractivity contribution is 5.76. The van der Waals surface area contributed by atoms with Crippen molar-refractivity contribution in [2.24, 2.45) is 0 Å². The zero-order chi connectivity index (χ0) is 13.1. The van der Waals surface area contributed by atoms with Crippen LogP contribution in [0.1, 0.15) is 5.56 Å². The van der Waals surface area contributed by atoms with E-state index in [1.54, 1.807) is 0 Å². The summed E-state index contributed by atoms with van der Waals surface area (Å²) >= 11 is 0. The number of nitrogens with zero attached hydrogens (tertiary/aromatic N) is 3. The summed E-state index contributed by atoms with van der Waals surface area (Å²) in [5, 5.41) is 0. The molecule has 0 bridgehead atoms. The van der Waals surface area contributed by atoms with Crippen LogP contribution in [0.2, 0.25) is 0 Å². The van der Waals surface area contributed by atoms with E-state index >= 15 is 0 Å². The maximum atomic E-state index is 13.4. The summed E-state index contributed by atoms with van der Waals surface area (Å²) in [4.78, 5) is 16.9. The minimum absolute atomic E-state index is 0.0587. The van der Waals surface area contributed by atoms with E-state index < -0.39 is 11.6 Å². The Kier molecular flexibility index (Phi) is 3.36. The molecule has 94 valence electrons. The molecule has 0 atom stereocenters. The van der Waals surface area contributed by atoms with Crippen LogP contribution in [0.3, 0.4) is 0 Å². The van der Waals surface area contributed by atoms with E-state index in [4.69, 9.17) is 0 Å². The SMILES string of the molecule is CN(Cc1ccc(F)cc1F)C(=O)n1ccnc1. The zero-order valence-corrected chi connectivity index (χ0v) is 9.68. The van der Waals surface area contributed by atoms with E-state index in [-0.39, 0.29) is 18.1 Å². The Morgan fingerprint density at radius 2 is 2.22 bits per heavy atom. The first-order valence-electron chi connectivity index (χ1n) is 5.25. The molecular weight excluding hydrogens is 240 g/mol. The van der Waals surface area contributed by atoms with Crippen LogP contribution in [-0.2, 0) is 6.54 Å². The minimum atomic E-state index is -0.666. The van der Waals surface area contributed by atoms with Gasteiger partial charge in [-0.3, -0.25) is 4.57 Å². The molecule has 0 aliphatic heterocycles. The maximum absolute atomic E-state index is 13.4. The standard InChI is InChI=1S/C12H11F2N3O/c1-16(12(18)17-5-4-15-8-17)7-9-2-3-10(13)6-11(9)14/h2-6,8H,7H2,1H3. The number of carbonyl (C=O) groups is 1. The molecule has 18 heavy (non-hydrogen) atoms. The lowest BCUT2D eigenvalue weighted by molar-refractivity contribution is 0.208. The Morgan fingerprint density at radius 1 is 1.44 bits per heavy atom.